The molecule has 0 aromatic heterocycles. The van der Waals surface area contributed by atoms with Crippen molar-refractivity contribution in [3.63, 3.8) is 0 Å². The summed E-state index contributed by atoms with van der Waals surface area (Å²) in [6.07, 6.45) is 0.0673. The third-order valence-corrected chi connectivity index (χ3v) is 4.52. The molecule has 1 unspecified atom stereocenters. The first-order valence-electron chi connectivity index (χ1n) is 9.83. The first-order valence-corrected chi connectivity index (χ1v) is 10.2. The van der Waals surface area contributed by atoms with Gasteiger partial charge in [-0.1, -0.05) is 41.9 Å². The van der Waals surface area contributed by atoms with Crippen LogP contribution in [0.2, 0.25) is 5.02 Å². The average Bonchev–Trinajstić information content (AvgIpc) is 2.74. The highest BCUT2D eigenvalue weighted by atomic mass is 35.5. The molecule has 0 saturated heterocycles. The van der Waals surface area contributed by atoms with E-state index in [9.17, 15) is 5.11 Å². The van der Waals surface area contributed by atoms with Crippen LogP contribution in [-0.2, 0) is 6.54 Å². The number of hydrogen-bond donors (Lipinski definition) is 3. The number of guanidine groups is 1. The SMILES string of the molecule is CCNC(=NCc1cc(Cl)c(OCC)c(OC)c1)NCCC(O)c1ccccc1. The van der Waals surface area contributed by atoms with Crippen molar-refractivity contribution in [2.75, 3.05) is 26.8 Å². The topological polar surface area (TPSA) is 75.1 Å². The number of benzene rings is 2. The number of methoxy groups -OCH3 is 1. The van der Waals surface area contributed by atoms with Crippen LogP contribution in [0, 0.1) is 0 Å². The van der Waals surface area contributed by atoms with Crippen LogP contribution in [0.5, 0.6) is 11.5 Å². The van der Waals surface area contributed by atoms with Gasteiger partial charge in [0.05, 0.1) is 31.4 Å². The maximum Gasteiger partial charge on any atom is 0.191 e. The minimum Gasteiger partial charge on any atom is -0.493 e. The van der Waals surface area contributed by atoms with Crippen LogP contribution in [0.1, 0.15) is 37.5 Å². The van der Waals surface area contributed by atoms with E-state index < -0.39 is 6.10 Å². The number of hydrogen-bond acceptors (Lipinski definition) is 4. The summed E-state index contributed by atoms with van der Waals surface area (Å²) in [6.45, 7) is 6.18. The first kappa shape index (κ1) is 22.8. The lowest BCUT2D eigenvalue weighted by atomic mass is 10.1. The molecule has 2 aromatic rings. The van der Waals surface area contributed by atoms with Gasteiger partial charge in [-0.15, -0.1) is 0 Å². The van der Waals surface area contributed by atoms with Gasteiger partial charge in [-0.25, -0.2) is 4.99 Å². The van der Waals surface area contributed by atoms with Gasteiger partial charge in [0, 0.05) is 13.1 Å². The highest BCUT2D eigenvalue weighted by Crippen LogP contribution is 2.36. The van der Waals surface area contributed by atoms with Crippen molar-refractivity contribution in [1.82, 2.24) is 10.6 Å². The number of nitrogens with zero attached hydrogens (tertiary/aromatic N) is 1. The van der Waals surface area contributed by atoms with Crippen molar-refractivity contribution in [2.24, 2.45) is 4.99 Å². The standard InChI is InChI=1S/C22H30ClN3O3/c1-4-24-22(25-12-11-19(27)17-9-7-6-8-10-17)26-15-16-13-18(23)21(29-5-2)20(14-16)28-3/h6-10,13-14,19,27H,4-5,11-12,15H2,1-3H3,(H2,24,25,26). The van der Waals surface area contributed by atoms with Gasteiger partial charge in [-0.2, -0.15) is 0 Å². The van der Waals surface area contributed by atoms with Crippen LogP contribution in [0.4, 0.5) is 0 Å². The highest BCUT2D eigenvalue weighted by Gasteiger charge is 2.12. The molecule has 2 rings (SSSR count). The molecule has 0 aliphatic heterocycles. The van der Waals surface area contributed by atoms with Crippen LogP contribution in [-0.4, -0.2) is 37.9 Å². The van der Waals surface area contributed by atoms with Crippen molar-refractivity contribution in [2.45, 2.75) is 32.9 Å². The van der Waals surface area contributed by atoms with Crippen molar-refractivity contribution in [3.8, 4) is 11.5 Å². The predicted molar refractivity (Wildman–Crippen MR) is 118 cm³/mol. The average molecular weight is 420 g/mol. The molecule has 0 bridgehead atoms. The van der Waals surface area contributed by atoms with Crippen LogP contribution in [0.15, 0.2) is 47.5 Å². The van der Waals surface area contributed by atoms with Gasteiger partial charge in [0.1, 0.15) is 0 Å². The van der Waals surface area contributed by atoms with E-state index in [0.29, 0.717) is 48.6 Å². The fourth-order valence-corrected chi connectivity index (χ4v) is 3.12. The monoisotopic (exact) mass is 419 g/mol. The van der Waals surface area contributed by atoms with Gasteiger partial charge in [-0.3, -0.25) is 0 Å². The molecule has 0 aliphatic rings. The Labute approximate surface area is 177 Å². The Morgan fingerprint density at radius 3 is 2.59 bits per heavy atom. The molecule has 1 atom stereocenters. The molecule has 3 N–H and O–H groups in total. The van der Waals surface area contributed by atoms with E-state index >= 15 is 0 Å². The van der Waals surface area contributed by atoms with Gasteiger partial charge in [0.15, 0.2) is 17.5 Å². The number of aliphatic hydroxyl groups excluding tert-OH is 1. The second-order valence-corrected chi connectivity index (χ2v) is 6.79. The Balaban J connectivity index is 1.98. The lowest BCUT2D eigenvalue weighted by molar-refractivity contribution is 0.168. The van der Waals surface area contributed by atoms with Crippen LogP contribution in [0.25, 0.3) is 0 Å². The normalized spacial score (nSPS) is 12.4. The van der Waals surface area contributed by atoms with E-state index in [4.69, 9.17) is 21.1 Å². The van der Waals surface area contributed by atoms with Crippen molar-refractivity contribution in [3.05, 3.63) is 58.6 Å². The summed E-state index contributed by atoms with van der Waals surface area (Å²) in [5.41, 5.74) is 1.82. The minimum atomic E-state index is -0.513. The second-order valence-electron chi connectivity index (χ2n) is 6.38. The zero-order valence-electron chi connectivity index (χ0n) is 17.2. The lowest BCUT2D eigenvalue weighted by Crippen LogP contribution is -2.38. The summed E-state index contributed by atoms with van der Waals surface area (Å²) in [5.74, 6) is 1.81. The Hall–Kier alpha value is -2.44. The van der Waals surface area contributed by atoms with Gasteiger partial charge in [0.25, 0.3) is 0 Å². The molecule has 158 valence electrons. The maximum absolute atomic E-state index is 10.3. The molecule has 0 saturated carbocycles. The van der Waals surface area contributed by atoms with Crippen molar-refractivity contribution >= 4 is 17.6 Å². The quantitative estimate of drug-likeness (QED) is 0.402. The fourth-order valence-electron chi connectivity index (χ4n) is 2.83. The van der Waals surface area contributed by atoms with Crippen molar-refractivity contribution in [1.29, 1.82) is 0 Å². The van der Waals surface area contributed by atoms with E-state index in [2.05, 4.69) is 15.6 Å². The number of halogens is 1. The van der Waals surface area contributed by atoms with Crippen LogP contribution >= 0.6 is 11.6 Å². The van der Waals surface area contributed by atoms with Gasteiger partial charge in [0.2, 0.25) is 0 Å². The molecule has 6 nitrogen and oxygen atoms in total. The summed E-state index contributed by atoms with van der Waals surface area (Å²) in [7, 11) is 1.59. The molecular formula is C22H30ClN3O3. The number of aliphatic hydroxyl groups is 1. The molecule has 0 radical (unpaired) electrons. The fraction of sp³-hybridized carbons (Fsp3) is 0.409. The second kappa shape index (κ2) is 12.2. The lowest BCUT2D eigenvalue weighted by Gasteiger charge is -2.15. The number of rotatable bonds is 10. The van der Waals surface area contributed by atoms with Crippen molar-refractivity contribution < 1.29 is 14.6 Å². The van der Waals surface area contributed by atoms with Gasteiger partial charge < -0.3 is 25.2 Å². The maximum atomic E-state index is 10.3. The molecule has 7 heteroatoms. The Kier molecular flexibility index (Phi) is 9.60. The summed E-state index contributed by atoms with van der Waals surface area (Å²) < 4.78 is 10.9. The molecule has 29 heavy (non-hydrogen) atoms. The smallest absolute Gasteiger partial charge is 0.191 e. The number of aliphatic imine (C=N–C) groups is 1. The summed E-state index contributed by atoms with van der Waals surface area (Å²) >= 11 is 6.33. The van der Waals surface area contributed by atoms with E-state index in [1.54, 1.807) is 7.11 Å². The highest BCUT2D eigenvalue weighted by molar-refractivity contribution is 6.32. The zero-order valence-corrected chi connectivity index (χ0v) is 18.0. The summed E-state index contributed by atoms with van der Waals surface area (Å²) in [5, 5.41) is 17.3. The molecule has 0 amide bonds. The molecular weight excluding hydrogens is 390 g/mol. The molecule has 0 fully saturated rings. The predicted octanol–water partition coefficient (Wildman–Crippen LogP) is 3.93. The molecule has 0 aliphatic carbocycles. The van der Waals surface area contributed by atoms with E-state index in [1.165, 1.54) is 0 Å². The molecule has 0 spiro atoms. The minimum absolute atomic E-state index is 0.430. The zero-order chi connectivity index (χ0) is 21.1. The Morgan fingerprint density at radius 2 is 1.93 bits per heavy atom. The van der Waals surface area contributed by atoms with E-state index in [-0.39, 0.29) is 0 Å². The third kappa shape index (κ3) is 7.15. The number of ether oxygens (including phenoxy) is 2. The van der Waals surface area contributed by atoms with Crippen LogP contribution in [0.3, 0.4) is 0 Å². The largest absolute Gasteiger partial charge is 0.493 e. The van der Waals surface area contributed by atoms with E-state index in [1.807, 2.05) is 56.3 Å². The third-order valence-electron chi connectivity index (χ3n) is 4.24. The Bertz CT molecular complexity index is 784. The number of nitrogens with one attached hydrogen (secondary N) is 2. The first-order chi connectivity index (χ1) is 14.1. The van der Waals surface area contributed by atoms with Gasteiger partial charge >= 0.3 is 0 Å². The Morgan fingerprint density at radius 1 is 1.17 bits per heavy atom. The van der Waals surface area contributed by atoms with E-state index in [0.717, 1.165) is 17.7 Å². The molecule has 0 heterocycles. The van der Waals surface area contributed by atoms with Crippen LogP contribution < -0.4 is 20.1 Å². The summed E-state index contributed by atoms with van der Waals surface area (Å²) in [4.78, 5) is 4.60. The summed E-state index contributed by atoms with van der Waals surface area (Å²) in [6, 6.07) is 13.3. The van der Waals surface area contributed by atoms with Gasteiger partial charge in [-0.05, 0) is 43.5 Å². The molecule has 2 aromatic carbocycles.